The van der Waals surface area contributed by atoms with Gasteiger partial charge in [0.2, 0.25) is 0 Å². The zero-order valence-electron chi connectivity index (χ0n) is 17.3. The van der Waals surface area contributed by atoms with Gasteiger partial charge in [-0.05, 0) is 36.5 Å². The first-order valence-electron chi connectivity index (χ1n) is 10.1. The molecule has 0 aliphatic heterocycles. The predicted octanol–water partition coefficient (Wildman–Crippen LogP) is 6.89. The van der Waals surface area contributed by atoms with Crippen molar-refractivity contribution in [1.82, 2.24) is 9.55 Å². The smallest absolute Gasteiger partial charge is 0.256 e. The maximum Gasteiger partial charge on any atom is 0.256 e. The van der Waals surface area contributed by atoms with E-state index in [1.165, 1.54) is 22.7 Å². The molecule has 5 nitrogen and oxygen atoms in total. The van der Waals surface area contributed by atoms with Crippen LogP contribution in [0.3, 0.4) is 0 Å². The van der Waals surface area contributed by atoms with Gasteiger partial charge < -0.3 is 11.1 Å². The molecule has 8 heteroatoms. The molecular weight excluding hydrogens is 469 g/mol. The molecule has 0 radical (unpaired) electrons. The molecule has 33 heavy (non-hydrogen) atoms. The number of thiazole rings is 2. The lowest BCUT2D eigenvalue weighted by Crippen LogP contribution is -2.11. The highest BCUT2D eigenvalue weighted by Gasteiger charge is 2.21. The lowest BCUT2D eigenvalue weighted by Gasteiger charge is -2.05. The molecule has 0 atom stereocenters. The Balaban J connectivity index is 1.60. The van der Waals surface area contributed by atoms with Crippen molar-refractivity contribution in [2.24, 2.45) is 0 Å². The van der Waals surface area contributed by atoms with Crippen LogP contribution in [-0.2, 0) is 0 Å². The maximum absolute atomic E-state index is 12.9. The summed E-state index contributed by atoms with van der Waals surface area (Å²) in [7, 11) is 0. The van der Waals surface area contributed by atoms with Crippen molar-refractivity contribution in [3.63, 3.8) is 0 Å². The van der Waals surface area contributed by atoms with Crippen LogP contribution in [0.15, 0.2) is 91.0 Å². The largest absolute Gasteiger partial charge is 0.383 e. The van der Waals surface area contributed by atoms with Crippen molar-refractivity contribution in [2.75, 3.05) is 11.1 Å². The van der Waals surface area contributed by atoms with Crippen LogP contribution in [0.5, 0.6) is 0 Å². The zero-order chi connectivity index (χ0) is 22.8. The van der Waals surface area contributed by atoms with Crippen LogP contribution in [0, 0.1) is 3.95 Å². The number of amides is 1. The van der Waals surface area contributed by atoms with Crippen LogP contribution in [-0.4, -0.2) is 15.5 Å². The minimum Gasteiger partial charge on any atom is -0.383 e. The van der Waals surface area contributed by atoms with E-state index >= 15 is 0 Å². The Hall–Kier alpha value is -3.59. The van der Waals surface area contributed by atoms with Gasteiger partial charge in [0.1, 0.15) is 26.4 Å². The summed E-state index contributed by atoms with van der Waals surface area (Å²) in [6.07, 6.45) is 0. The highest BCUT2D eigenvalue weighted by Crippen LogP contribution is 2.43. The van der Waals surface area contributed by atoms with Crippen molar-refractivity contribution in [1.29, 1.82) is 0 Å². The van der Waals surface area contributed by atoms with Crippen molar-refractivity contribution in [3.8, 4) is 26.8 Å². The molecule has 5 aromatic rings. The predicted molar refractivity (Wildman–Crippen MR) is 140 cm³/mol. The van der Waals surface area contributed by atoms with Gasteiger partial charge in [-0.2, -0.15) is 0 Å². The van der Waals surface area contributed by atoms with Crippen molar-refractivity contribution >= 4 is 51.6 Å². The Morgan fingerprint density at radius 3 is 2.15 bits per heavy atom. The summed E-state index contributed by atoms with van der Waals surface area (Å²) in [5.74, 6) is 0.343. The SMILES string of the molecule is Nc1c(-c2nc(-c3ccccc3)c(NC(=O)c3ccccc3)s2)sc(=S)n1-c1ccccc1. The summed E-state index contributed by atoms with van der Waals surface area (Å²) in [6.45, 7) is 0. The quantitative estimate of drug-likeness (QED) is 0.265. The molecule has 0 unspecified atom stereocenters. The van der Waals surface area contributed by atoms with Gasteiger partial charge in [0.15, 0.2) is 3.95 Å². The number of hydrogen-bond acceptors (Lipinski definition) is 6. The topological polar surface area (TPSA) is 72.9 Å². The normalized spacial score (nSPS) is 10.8. The number of carbonyl (C=O) groups excluding carboxylic acids is 1. The first-order chi connectivity index (χ1) is 16.1. The summed E-state index contributed by atoms with van der Waals surface area (Å²) < 4.78 is 2.49. The Bertz CT molecular complexity index is 1470. The van der Waals surface area contributed by atoms with E-state index in [2.05, 4.69) is 5.32 Å². The minimum absolute atomic E-state index is 0.189. The molecular formula is C25H18N4OS3. The Morgan fingerprint density at radius 1 is 0.879 bits per heavy atom. The third-order valence-corrected chi connectivity index (χ3v) is 7.51. The minimum atomic E-state index is -0.189. The van der Waals surface area contributed by atoms with Crippen molar-refractivity contribution < 1.29 is 4.79 Å². The van der Waals surface area contributed by atoms with E-state index in [4.69, 9.17) is 22.9 Å². The average Bonchev–Trinajstić information content (AvgIpc) is 3.40. The molecule has 0 spiro atoms. The molecule has 0 bridgehead atoms. The average molecular weight is 487 g/mol. The second-order valence-corrected chi connectivity index (χ2v) is 9.78. The Morgan fingerprint density at radius 2 is 1.48 bits per heavy atom. The summed E-state index contributed by atoms with van der Waals surface area (Å²) in [4.78, 5) is 18.5. The van der Waals surface area contributed by atoms with E-state index in [0.717, 1.165) is 16.1 Å². The highest BCUT2D eigenvalue weighted by molar-refractivity contribution is 7.73. The molecule has 3 aromatic carbocycles. The number of anilines is 2. The Kier molecular flexibility index (Phi) is 5.87. The molecule has 0 aliphatic carbocycles. The fourth-order valence-corrected chi connectivity index (χ4v) is 5.85. The molecule has 162 valence electrons. The first kappa shape index (κ1) is 21.3. The van der Waals surface area contributed by atoms with Gasteiger partial charge in [-0.3, -0.25) is 9.36 Å². The molecule has 0 saturated heterocycles. The highest BCUT2D eigenvalue weighted by atomic mass is 32.1. The Labute approximate surface area is 203 Å². The molecule has 0 aliphatic rings. The van der Waals surface area contributed by atoms with Crippen molar-refractivity contribution in [3.05, 3.63) is 101 Å². The number of rotatable bonds is 5. The van der Waals surface area contributed by atoms with Crippen LogP contribution < -0.4 is 11.1 Å². The summed E-state index contributed by atoms with van der Waals surface area (Å²) in [5.41, 5.74) is 9.64. The number of para-hydroxylation sites is 1. The van der Waals surface area contributed by atoms with Crippen LogP contribution in [0.4, 0.5) is 10.8 Å². The van der Waals surface area contributed by atoms with E-state index in [1.54, 1.807) is 12.1 Å². The van der Waals surface area contributed by atoms with Crippen LogP contribution in [0.2, 0.25) is 0 Å². The van der Waals surface area contributed by atoms with Crippen LogP contribution in [0.25, 0.3) is 26.8 Å². The molecule has 0 saturated carbocycles. The van der Waals surface area contributed by atoms with E-state index < -0.39 is 0 Å². The van der Waals surface area contributed by atoms with E-state index in [-0.39, 0.29) is 5.91 Å². The molecule has 2 heterocycles. The van der Waals surface area contributed by atoms with Crippen LogP contribution in [0.1, 0.15) is 10.4 Å². The first-order valence-corrected chi connectivity index (χ1v) is 12.2. The lowest BCUT2D eigenvalue weighted by atomic mass is 10.1. The second-order valence-electron chi connectivity index (χ2n) is 7.14. The fourth-order valence-electron chi connectivity index (χ4n) is 3.42. The van der Waals surface area contributed by atoms with E-state index in [0.29, 0.717) is 31.0 Å². The number of hydrogen-bond donors (Lipinski definition) is 2. The number of nitrogens with zero attached hydrogens (tertiary/aromatic N) is 2. The molecule has 0 fully saturated rings. The van der Waals surface area contributed by atoms with Gasteiger partial charge in [0.05, 0.1) is 0 Å². The molecule has 2 aromatic heterocycles. The standard InChI is InChI=1S/C25H18N4OS3/c26-21-20(32-25(31)29(21)18-14-8-3-9-15-18)24-27-19(16-10-4-1-5-11-16)23(33-24)28-22(30)17-12-6-2-7-13-17/h1-15H,26H2,(H,28,30). The lowest BCUT2D eigenvalue weighted by molar-refractivity contribution is 0.102. The van der Waals surface area contributed by atoms with Crippen LogP contribution >= 0.6 is 34.9 Å². The number of benzene rings is 3. The number of nitrogens with two attached hydrogens (primary N) is 1. The van der Waals surface area contributed by atoms with E-state index in [9.17, 15) is 4.79 Å². The second kappa shape index (κ2) is 9.11. The van der Waals surface area contributed by atoms with Crippen molar-refractivity contribution in [2.45, 2.75) is 0 Å². The van der Waals surface area contributed by atoms with Gasteiger partial charge in [-0.15, -0.1) is 0 Å². The zero-order valence-corrected chi connectivity index (χ0v) is 19.7. The van der Waals surface area contributed by atoms with Gasteiger partial charge in [-0.25, -0.2) is 4.98 Å². The van der Waals surface area contributed by atoms with Gasteiger partial charge in [0, 0.05) is 16.8 Å². The molecule has 5 rings (SSSR count). The van der Waals surface area contributed by atoms with Gasteiger partial charge in [-0.1, -0.05) is 89.4 Å². The van der Waals surface area contributed by atoms with Gasteiger partial charge in [0.25, 0.3) is 5.91 Å². The monoisotopic (exact) mass is 486 g/mol. The number of aromatic nitrogens is 2. The summed E-state index contributed by atoms with van der Waals surface area (Å²) in [6, 6.07) is 28.7. The van der Waals surface area contributed by atoms with E-state index in [1.807, 2.05) is 83.4 Å². The number of nitrogen functional groups attached to an aromatic ring is 1. The fraction of sp³-hybridized carbons (Fsp3) is 0. The third-order valence-electron chi connectivity index (χ3n) is 4.99. The summed E-state index contributed by atoms with van der Waals surface area (Å²) >= 11 is 8.42. The maximum atomic E-state index is 12.9. The molecule has 1 amide bonds. The number of carbonyl (C=O) groups is 1. The van der Waals surface area contributed by atoms with Gasteiger partial charge >= 0.3 is 0 Å². The third kappa shape index (κ3) is 4.23. The number of nitrogens with one attached hydrogen (secondary N) is 1. The molecule has 3 N–H and O–H groups in total. The summed E-state index contributed by atoms with van der Waals surface area (Å²) in [5, 5.41) is 4.41.